The Morgan fingerprint density at radius 3 is 2.80 bits per heavy atom. The molecule has 0 radical (unpaired) electrons. The van der Waals surface area contributed by atoms with E-state index in [-0.39, 0.29) is 0 Å². The monoisotopic (exact) mass is 228 g/mol. The molecule has 0 aliphatic heterocycles. The van der Waals surface area contributed by atoms with Crippen LogP contribution in [-0.4, -0.2) is 18.2 Å². The predicted molar refractivity (Wildman–Crippen MR) is 58.2 cm³/mol. The summed E-state index contributed by atoms with van der Waals surface area (Å²) < 4.78 is 5.00. The molecule has 4 heteroatoms. The number of methoxy groups -OCH3 is 1. The highest BCUT2D eigenvalue weighted by atomic mass is 35.5. The summed E-state index contributed by atoms with van der Waals surface area (Å²) in [4.78, 5) is 10.9. The third kappa shape index (κ3) is 2.94. The van der Waals surface area contributed by atoms with Gasteiger partial charge in [-0.2, -0.15) is 0 Å². The third-order valence-corrected chi connectivity index (χ3v) is 2.48. The number of carboxylic acid groups (broad SMARTS) is 1. The lowest BCUT2D eigenvalue weighted by atomic mass is 9.96. The largest absolute Gasteiger partial charge is 0.481 e. The molecule has 0 aliphatic carbocycles. The Labute approximate surface area is 93.6 Å². The van der Waals surface area contributed by atoms with Gasteiger partial charge in [0.15, 0.2) is 0 Å². The maximum absolute atomic E-state index is 10.9. The molecule has 1 unspecified atom stereocenters. The minimum atomic E-state index is -0.866. The smallest absolute Gasteiger partial charge is 0.310 e. The van der Waals surface area contributed by atoms with Crippen LogP contribution in [0.4, 0.5) is 0 Å². The average Bonchev–Trinajstić information content (AvgIpc) is 2.20. The summed E-state index contributed by atoms with van der Waals surface area (Å²) >= 11 is 5.83. The molecule has 0 saturated carbocycles. The lowest BCUT2D eigenvalue weighted by molar-refractivity contribution is -0.138. The van der Waals surface area contributed by atoms with Gasteiger partial charge in [0.25, 0.3) is 0 Å². The maximum Gasteiger partial charge on any atom is 0.310 e. The van der Waals surface area contributed by atoms with Crippen LogP contribution in [0, 0.1) is 0 Å². The highest BCUT2D eigenvalue weighted by molar-refractivity contribution is 6.30. The molecule has 0 amide bonds. The van der Waals surface area contributed by atoms with E-state index < -0.39 is 11.9 Å². The maximum atomic E-state index is 10.9. The molecule has 3 nitrogen and oxygen atoms in total. The Balaban J connectivity index is 3.11. The van der Waals surface area contributed by atoms with Crippen molar-refractivity contribution >= 4 is 17.6 Å². The summed E-state index contributed by atoms with van der Waals surface area (Å²) in [5.41, 5.74) is 1.56. The van der Waals surface area contributed by atoms with E-state index in [1.165, 1.54) is 0 Å². The first kappa shape index (κ1) is 12.0. The number of benzene rings is 1. The van der Waals surface area contributed by atoms with Crippen LogP contribution in [0.2, 0.25) is 5.02 Å². The minimum Gasteiger partial charge on any atom is -0.481 e. The first-order valence-corrected chi connectivity index (χ1v) is 4.94. The topological polar surface area (TPSA) is 46.5 Å². The second-order valence-corrected chi connectivity index (χ2v) is 3.77. The van der Waals surface area contributed by atoms with Crippen molar-refractivity contribution in [3.05, 3.63) is 34.3 Å². The van der Waals surface area contributed by atoms with Crippen LogP contribution in [0.5, 0.6) is 0 Å². The van der Waals surface area contributed by atoms with E-state index in [0.29, 0.717) is 17.2 Å². The first-order chi connectivity index (χ1) is 7.06. The van der Waals surface area contributed by atoms with Crippen molar-refractivity contribution < 1.29 is 14.6 Å². The van der Waals surface area contributed by atoms with Crippen molar-refractivity contribution in [2.75, 3.05) is 7.11 Å². The molecule has 0 bridgehead atoms. The van der Waals surface area contributed by atoms with Crippen molar-refractivity contribution in [1.29, 1.82) is 0 Å². The molecule has 0 aromatic heterocycles. The quantitative estimate of drug-likeness (QED) is 0.862. The van der Waals surface area contributed by atoms with Crippen molar-refractivity contribution in [1.82, 2.24) is 0 Å². The van der Waals surface area contributed by atoms with Crippen LogP contribution < -0.4 is 0 Å². The molecule has 0 saturated heterocycles. The van der Waals surface area contributed by atoms with Gasteiger partial charge in [-0.15, -0.1) is 0 Å². The molecule has 1 atom stereocenters. The van der Waals surface area contributed by atoms with Gasteiger partial charge >= 0.3 is 5.97 Å². The van der Waals surface area contributed by atoms with Gasteiger partial charge in [-0.25, -0.2) is 0 Å². The molecule has 0 spiro atoms. The van der Waals surface area contributed by atoms with E-state index in [2.05, 4.69) is 0 Å². The van der Waals surface area contributed by atoms with Gasteiger partial charge in [0, 0.05) is 12.1 Å². The standard InChI is InChI=1S/C11H13ClO3/c1-7(11(13)14)10-5-9(12)4-3-8(10)6-15-2/h3-5,7H,6H2,1-2H3,(H,13,14). The van der Waals surface area contributed by atoms with E-state index >= 15 is 0 Å². The number of hydrogen-bond donors (Lipinski definition) is 1. The number of hydrogen-bond acceptors (Lipinski definition) is 2. The van der Waals surface area contributed by atoms with Gasteiger partial charge in [0.1, 0.15) is 0 Å². The van der Waals surface area contributed by atoms with Crippen LogP contribution in [-0.2, 0) is 16.1 Å². The zero-order valence-electron chi connectivity index (χ0n) is 8.66. The number of rotatable bonds is 4. The van der Waals surface area contributed by atoms with Gasteiger partial charge in [0.05, 0.1) is 12.5 Å². The molecule has 1 aromatic rings. The molecule has 15 heavy (non-hydrogen) atoms. The molecule has 0 fully saturated rings. The minimum absolute atomic E-state index is 0.393. The fourth-order valence-electron chi connectivity index (χ4n) is 1.39. The second-order valence-electron chi connectivity index (χ2n) is 3.34. The summed E-state index contributed by atoms with van der Waals surface area (Å²) in [6.45, 7) is 2.03. The SMILES string of the molecule is COCc1ccc(Cl)cc1C(C)C(=O)O. The number of halogens is 1. The second kappa shape index (κ2) is 5.14. The van der Waals surface area contributed by atoms with E-state index in [4.69, 9.17) is 21.4 Å². The van der Waals surface area contributed by atoms with Gasteiger partial charge in [-0.3, -0.25) is 4.79 Å². The normalized spacial score (nSPS) is 12.5. The van der Waals surface area contributed by atoms with Crippen molar-refractivity contribution in [2.45, 2.75) is 19.4 Å². The van der Waals surface area contributed by atoms with Crippen molar-refractivity contribution in [2.24, 2.45) is 0 Å². The summed E-state index contributed by atoms with van der Waals surface area (Å²) in [5.74, 6) is -1.44. The molecular formula is C11H13ClO3. The summed E-state index contributed by atoms with van der Waals surface area (Å²) in [5, 5.41) is 9.47. The highest BCUT2D eigenvalue weighted by Crippen LogP contribution is 2.24. The molecular weight excluding hydrogens is 216 g/mol. The van der Waals surface area contributed by atoms with Gasteiger partial charge in [-0.05, 0) is 30.2 Å². The fourth-order valence-corrected chi connectivity index (χ4v) is 1.57. The van der Waals surface area contributed by atoms with Gasteiger partial charge in [0.2, 0.25) is 0 Å². The van der Waals surface area contributed by atoms with E-state index in [0.717, 1.165) is 5.56 Å². The van der Waals surface area contributed by atoms with Crippen LogP contribution in [0.25, 0.3) is 0 Å². The van der Waals surface area contributed by atoms with Gasteiger partial charge in [-0.1, -0.05) is 17.7 Å². The zero-order chi connectivity index (χ0) is 11.4. The zero-order valence-corrected chi connectivity index (χ0v) is 9.41. The Morgan fingerprint density at radius 1 is 1.60 bits per heavy atom. The van der Waals surface area contributed by atoms with Crippen LogP contribution >= 0.6 is 11.6 Å². The highest BCUT2D eigenvalue weighted by Gasteiger charge is 2.17. The first-order valence-electron chi connectivity index (χ1n) is 4.56. The Hall–Kier alpha value is -1.06. The molecule has 1 aromatic carbocycles. The number of ether oxygens (including phenoxy) is 1. The molecule has 0 aliphatic rings. The van der Waals surface area contributed by atoms with E-state index in [1.54, 1.807) is 32.2 Å². The van der Waals surface area contributed by atoms with Crippen LogP contribution in [0.1, 0.15) is 24.0 Å². The Morgan fingerprint density at radius 2 is 2.27 bits per heavy atom. The molecule has 1 rings (SSSR count). The Kier molecular flexibility index (Phi) is 4.12. The number of carbonyl (C=O) groups is 1. The van der Waals surface area contributed by atoms with Gasteiger partial charge < -0.3 is 9.84 Å². The summed E-state index contributed by atoms with van der Waals surface area (Å²) in [6, 6.07) is 5.20. The molecule has 1 N–H and O–H groups in total. The lowest BCUT2D eigenvalue weighted by Gasteiger charge is -2.12. The third-order valence-electron chi connectivity index (χ3n) is 2.24. The summed E-state index contributed by atoms with van der Waals surface area (Å²) in [7, 11) is 1.57. The van der Waals surface area contributed by atoms with Crippen molar-refractivity contribution in [3.63, 3.8) is 0 Å². The number of carboxylic acids is 1. The van der Waals surface area contributed by atoms with E-state index in [1.807, 2.05) is 0 Å². The lowest BCUT2D eigenvalue weighted by Crippen LogP contribution is -2.10. The summed E-state index contributed by atoms with van der Waals surface area (Å²) in [6.07, 6.45) is 0. The van der Waals surface area contributed by atoms with Crippen LogP contribution in [0.3, 0.4) is 0 Å². The van der Waals surface area contributed by atoms with E-state index in [9.17, 15) is 4.79 Å². The predicted octanol–water partition coefficient (Wildman–Crippen LogP) is 2.67. The fraction of sp³-hybridized carbons (Fsp3) is 0.364. The molecule has 0 heterocycles. The average molecular weight is 229 g/mol. The van der Waals surface area contributed by atoms with Crippen molar-refractivity contribution in [3.8, 4) is 0 Å². The number of aliphatic carboxylic acids is 1. The molecule has 82 valence electrons. The Bertz CT molecular complexity index is 363. The van der Waals surface area contributed by atoms with Crippen LogP contribution in [0.15, 0.2) is 18.2 Å².